The summed E-state index contributed by atoms with van der Waals surface area (Å²) in [5.74, 6) is 0. The lowest BCUT2D eigenvalue weighted by atomic mass is 10.0. The summed E-state index contributed by atoms with van der Waals surface area (Å²) in [4.78, 5) is 0. The molecule has 1 unspecified atom stereocenters. The van der Waals surface area contributed by atoms with Gasteiger partial charge in [-0.05, 0) is 31.0 Å². The average Bonchev–Trinajstić information content (AvgIpc) is 2.75. The molecule has 21 heavy (non-hydrogen) atoms. The molecule has 0 spiro atoms. The monoisotopic (exact) mass is 345 g/mol. The second-order valence-electron chi connectivity index (χ2n) is 4.85. The number of hydrogen-bond donors (Lipinski definition) is 1. The molecular weight excluding hydrogens is 329 g/mol. The fraction of sp³-hybridized carbons (Fsp3) is 0.400. The molecule has 2 N–H and O–H groups in total. The maximum Gasteiger partial charge on any atom is 0.0850 e. The first-order valence-corrected chi connectivity index (χ1v) is 8.05. The van der Waals surface area contributed by atoms with Crippen LogP contribution in [0.15, 0.2) is 18.2 Å². The number of aromatic nitrogens is 2. The molecule has 3 nitrogen and oxygen atoms in total. The van der Waals surface area contributed by atoms with E-state index < -0.39 is 0 Å². The first-order valence-electron chi connectivity index (χ1n) is 6.92. The molecule has 1 aromatic carbocycles. The Morgan fingerprint density at radius 3 is 2.52 bits per heavy atom. The summed E-state index contributed by atoms with van der Waals surface area (Å²) < 4.78 is 1.91. The maximum atomic E-state index is 6.41. The van der Waals surface area contributed by atoms with Crippen LogP contribution in [-0.4, -0.2) is 9.78 Å². The van der Waals surface area contributed by atoms with Gasteiger partial charge in [-0.1, -0.05) is 47.8 Å². The van der Waals surface area contributed by atoms with Gasteiger partial charge >= 0.3 is 0 Å². The minimum Gasteiger partial charge on any atom is -0.324 e. The lowest BCUT2D eigenvalue weighted by molar-refractivity contribution is 0.585. The molecule has 1 atom stereocenters. The minimum absolute atomic E-state index is 0.251. The van der Waals surface area contributed by atoms with Gasteiger partial charge in [0.2, 0.25) is 0 Å². The van der Waals surface area contributed by atoms with Crippen molar-refractivity contribution in [2.45, 2.75) is 39.3 Å². The number of halogens is 3. The molecular formula is C15H18Cl3N3. The van der Waals surface area contributed by atoms with Gasteiger partial charge in [0.05, 0.1) is 16.4 Å². The van der Waals surface area contributed by atoms with Crippen LogP contribution in [0, 0.1) is 0 Å². The van der Waals surface area contributed by atoms with Crippen molar-refractivity contribution in [1.29, 1.82) is 0 Å². The van der Waals surface area contributed by atoms with Crippen molar-refractivity contribution in [3.05, 3.63) is 50.2 Å². The molecule has 0 bridgehead atoms. The third kappa shape index (κ3) is 3.54. The third-order valence-corrected chi connectivity index (χ3v) is 4.47. The molecule has 2 aromatic rings. The quantitative estimate of drug-likeness (QED) is 0.855. The van der Waals surface area contributed by atoms with Gasteiger partial charge in [-0.15, -0.1) is 0 Å². The highest BCUT2D eigenvalue weighted by Gasteiger charge is 2.19. The topological polar surface area (TPSA) is 43.8 Å². The Bertz CT molecular complexity index is 637. The molecule has 1 aromatic heterocycles. The second-order valence-corrected chi connectivity index (χ2v) is 6.07. The summed E-state index contributed by atoms with van der Waals surface area (Å²) in [5, 5.41) is 6.38. The Balaban J connectivity index is 2.31. The van der Waals surface area contributed by atoms with Crippen molar-refractivity contribution < 1.29 is 0 Å². The van der Waals surface area contributed by atoms with E-state index in [2.05, 4.69) is 5.10 Å². The van der Waals surface area contributed by atoms with Crippen LogP contribution >= 0.6 is 34.8 Å². The molecule has 1 heterocycles. The van der Waals surface area contributed by atoms with Crippen molar-refractivity contribution in [3.63, 3.8) is 0 Å². The number of rotatable bonds is 5. The Morgan fingerprint density at radius 1 is 1.24 bits per heavy atom. The molecule has 0 aliphatic carbocycles. The van der Waals surface area contributed by atoms with Crippen LogP contribution in [0.25, 0.3) is 0 Å². The Morgan fingerprint density at radius 2 is 1.95 bits per heavy atom. The van der Waals surface area contributed by atoms with Gasteiger partial charge in [0.15, 0.2) is 0 Å². The van der Waals surface area contributed by atoms with E-state index in [-0.39, 0.29) is 6.04 Å². The fourth-order valence-corrected chi connectivity index (χ4v) is 3.23. The normalized spacial score (nSPS) is 12.7. The van der Waals surface area contributed by atoms with Gasteiger partial charge in [-0.2, -0.15) is 5.10 Å². The lowest BCUT2D eigenvalue weighted by Crippen LogP contribution is -2.16. The summed E-state index contributed by atoms with van der Waals surface area (Å²) >= 11 is 18.5. The van der Waals surface area contributed by atoms with E-state index in [1.54, 1.807) is 12.1 Å². The Hall–Kier alpha value is -0.740. The maximum absolute atomic E-state index is 6.41. The first kappa shape index (κ1) is 16.6. The molecule has 6 heteroatoms. The first-order chi connectivity index (χ1) is 9.97. The predicted octanol–water partition coefficient (Wildman–Crippen LogP) is 4.67. The Labute approximate surface area is 140 Å². The smallest absolute Gasteiger partial charge is 0.0850 e. The van der Waals surface area contributed by atoms with Crippen molar-refractivity contribution in [1.82, 2.24) is 9.78 Å². The van der Waals surface area contributed by atoms with Crippen molar-refractivity contribution in [2.24, 2.45) is 5.73 Å². The number of nitrogens with zero attached hydrogens (tertiary/aromatic N) is 2. The van der Waals surface area contributed by atoms with E-state index >= 15 is 0 Å². The lowest BCUT2D eigenvalue weighted by Gasteiger charge is -2.15. The number of hydrogen-bond acceptors (Lipinski definition) is 2. The molecule has 0 aliphatic rings. The summed E-state index contributed by atoms with van der Waals surface area (Å²) in [7, 11) is 0. The van der Waals surface area contributed by atoms with Gasteiger partial charge in [0.1, 0.15) is 0 Å². The SMILES string of the molecule is CCc1nn(CC)c(CC(N)c2ccc(Cl)cc2Cl)c1Cl. The van der Waals surface area contributed by atoms with Crippen molar-refractivity contribution in [2.75, 3.05) is 0 Å². The van der Waals surface area contributed by atoms with E-state index in [1.165, 1.54) is 0 Å². The summed E-state index contributed by atoms with van der Waals surface area (Å²) in [6.45, 7) is 4.83. The minimum atomic E-state index is -0.251. The standard InChI is InChI=1S/C15H18Cl3N3/c1-3-13-15(18)14(21(4-2)20-13)8-12(19)10-6-5-9(16)7-11(10)17/h5-7,12H,3-4,8,19H2,1-2H3. The molecule has 0 aliphatic heterocycles. The molecule has 114 valence electrons. The zero-order valence-electron chi connectivity index (χ0n) is 12.0. The summed E-state index contributed by atoms with van der Waals surface area (Å²) in [6, 6.07) is 5.10. The van der Waals surface area contributed by atoms with Crippen LogP contribution in [0.5, 0.6) is 0 Å². The fourth-order valence-electron chi connectivity index (χ4n) is 2.33. The predicted molar refractivity (Wildman–Crippen MR) is 89.4 cm³/mol. The molecule has 0 saturated carbocycles. The van der Waals surface area contributed by atoms with Gasteiger partial charge in [0, 0.05) is 29.1 Å². The Kier molecular flexibility index (Phi) is 5.55. The zero-order valence-corrected chi connectivity index (χ0v) is 14.3. The zero-order chi connectivity index (χ0) is 15.6. The molecule has 0 amide bonds. The number of aryl methyl sites for hydroxylation is 2. The van der Waals surface area contributed by atoms with E-state index in [0.29, 0.717) is 21.5 Å². The van der Waals surface area contributed by atoms with Gasteiger partial charge in [0.25, 0.3) is 0 Å². The average molecular weight is 347 g/mol. The van der Waals surface area contributed by atoms with E-state index in [0.717, 1.165) is 29.9 Å². The van der Waals surface area contributed by atoms with Crippen LogP contribution < -0.4 is 5.73 Å². The van der Waals surface area contributed by atoms with Gasteiger partial charge in [-0.25, -0.2) is 0 Å². The molecule has 2 rings (SSSR count). The molecule has 0 fully saturated rings. The van der Waals surface area contributed by atoms with E-state index in [9.17, 15) is 0 Å². The van der Waals surface area contributed by atoms with Gasteiger partial charge in [-0.3, -0.25) is 4.68 Å². The highest BCUT2D eigenvalue weighted by Crippen LogP contribution is 2.30. The highest BCUT2D eigenvalue weighted by atomic mass is 35.5. The largest absolute Gasteiger partial charge is 0.324 e. The highest BCUT2D eigenvalue weighted by molar-refractivity contribution is 6.35. The van der Waals surface area contributed by atoms with Crippen LogP contribution in [0.3, 0.4) is 0 Å². The van der Waals surface area contributed by atoms with E-state index in [4.69, 9.17) is 40.5 Å². The third-order valence-electron chi connectivity index (χ3n) is 3.47. The van der Waals surface area contributed by atoms with Crippen LogP contribution in [0.1, 0.15) is 36.8 Å². The molecule has 0 saturated heterocycles. The van der Waals surface area contributed by atoms with Crippen LogP contribution in [0.4, 0.5) is 0 Å². The van der Waals surface area contributed by atoms with Crippen molar-refractivity contribution in [3.8, 4) is 0 Å². The summed E-state index contributed by atoms with van der Waals surface area (Å²) in [6.07, 6.45) is 1.39. The van der Waals surface area contributed by atoms with E-state index in [1.807, 2.05) is 24.6 Å². The number of benzene rings is 1. The summed E-state index contributed by atoms with van der Waals surface area (Å²) in [5.41, 5.74) is 9.01. The van der Waals surface area contributed by atoms with Gasteiger partial charge < -0.3 is 5.73 Å². The molecule has 0 radical (unpaired) electrons. The van der Waals surface area contributed by atoms with Crippen LogP contribution in [0.2, 0.25) is 15.1 Å². The van der Waals surface area contributed by atoms with Crippen LogP contribution in [-0.2, 0) is 19.4 Å². The van der Waals surface area contributed by atoms with Crippen molar-refractivity contribution >= 4 is 34.8 Å². The number of nitrogens with two attached hydrogens (primary N) is 1. The second kappa shape index (κ2) is 7.01.